The van der Waals surface area contributed by atoms with Crippen LogP contribution in [0.3, 0.4) is 0 Å². The number of allylic oxidation sites excluding steroid dienone is 1. The Morgan fingerprint density at radius 2 is 1.64 bits per heavy atom. The summed E-state index contributed by atoms with van der Waals surface area (Å²) >= 11 is 0. The Kier molecular flexibility index (Phi) is 14.6. The van der Waals surface area contributed by atoms with E-state index in [0.717, 1.165) is 18.6 Å². The quantitative estimate of drug-likeness (QED) is 0.477. The summed E-state index contributed by atoms with van der Waals surface area (Å²) in [7, 11) is 0. The van der Waals surface area contributed by atoms with Gasteiger partial charge in [0.2, 0.25) is 0 Å². The van der Waals surface area contributed by atoms with Crippen LogP contribution in [0, 0.1) is 5.92 Å². The first-order chi connectivity index (χ1) is 10.5. The molecule has 0 fully saturated rings. The van der Waals surface area contributed by atoms with Crippen LogP contribution < -0.4 is 0 Å². The summed E-state index contributed by atoms with van der Waals surface area (Å²) in [5, 5.41) is 0. The molecule has 2 heteroatoms. The second kappa shape index (κ2) is 14.2. The predicted molar refractivity (Wildman–Crippen MR) is 99.6 cm³/mol. The van der Waals surface area contributed by atoms with Gasteiger partial charge in [0.15, 0.2) is 5.78 Å². The van der Waals surface area contributed by atoms with Crippen molar-refractivity contribution in [2.24, 2.45) is 10.9 Å². The van der Waals surface area contributed by atoms with E-state index in [1.54, 1.807) is 0 Å². The maximum Gasteiger partial charge on any atom is 0.177 e. The van der Waals surface area contributed by atoms with Crippen molar-refractivity contribution in [1.82, 2.24) is 0 Å². The molecule has 0 amide bonds. The average molecular weight is 303 g/mol. The fourth-order valence-electron chi connectivity index (χ4n) is 1.88. The lowest BCUT2D eigenvalue weighted by Crippen LogP contribution is -2.14. The molecule has 0 N–H and O–H groups in total. The Hall–Kier alpha value is -1.70. The van der Waals surface area contributed by atoms with E-state index in [9.17, 15) is 4.79 Å². The van der Waals surface area contributed by atoms with E-state index in [-0.39, 0.29) is 5.78 Å². The lowest BCUT2D eigenvalue weighted by Gasteiger charge is -2.14. The largest absolute Gasteiger partial charge is 0.293 e. The average Bonchev–Trinajstić information content (AvgIpc) is 2.56. The number of Topliss-reactive ketones (excluding diaryl/α,β-unsaturated/α-hetero) is 1. The highest BCUT2D eigenvalue weighted by Crippen LogP contribution is 2.13. The van der Waals surface area contributed by atoms with Crippen LogP contribution in [-0.4, -0.2) is 11.5 Å². The fraction of sp³-hybridized carbons (Fsp3) is 0.500. The Morgan fingerprint density at radius 1 is 1.14 bits per heavy atom. The molecule has 0 spiro atoms. The predicted octanol–water partition coefficient (Wildman–Crippen LogP) is 5.87. The van der Waals surface area contributed by atoms with Gasteiger partial charge in [-0.05, 0) is 24.3 Å². The molecule has 0 saturated heterocycles. The van der Waals surface area contributed by atoms with Gasteiger partial charge in [0.05, 0.1) is 5.70 Å². The summed E-state index contributed by atoms with van der Waals surface area (Å²) < 4.78 is 0. The number of nitrogens with zero attached hydrogens (tertiary/aromatic N) is 1. The van der Waals surface area contributed by atoms with Gasteiger partial charge in [-0.15, -0.1) is 0 Å². The van der Waals surface area contributed by atoms with Gasteiger partial charge >= 0.3 is 0 Å². The molecule has 0 bridgehead atoms. The van der Waals surface area contributed by atoms with Crippen LogP contribution in [0.5, 0.6) is 0 Å². The maximum atomic E-state index is 11.2. The number of hydrogen-bond acceptors (Lipinski definition) is 2. The summed E-state index contributed by atoms with van der Waals surface area (Å²) in [4.78, 5) is 15.5. The number of ketones is 1. The molecular formula is C20H33NO. The van der Waals surface area contributed by atoms with Crippen LogP contribution >= 0.6 is 0 Å². The number of hydrogen-bond donors (Lipinski definition) is 0. The number of aliphatic imine (C=N–C) groups is 1. The van der Waals surface area contributed by atoms with Crippen molar-refractivity contribution >= 4 is 11.5 Å². The van der Waals surface area contributed by atoms with Crippen LogP contribution in [0.2, 0.25) is 0 Å². The first kappa shape index (κ1) is 22.6. The van der Waals surface area contributed by atoms with Gasteiger partial charge in [-0.3, -0.25) is 9.79 Å². The molecule has 0 aliphatic heterocycles. The minimum atomic E-state index is -0.0622. The molecule has 0 aliphatic carbocycles. The van der Waals surface area contributed by atoms with Crippen LogP contribution in [-0.2, 0) is 11.2 Å². The number of rotatable bonds is 6. The zero-order chi connectivity index (χ0) is 17.5. The molecule has 0 heterocycles. The SMILES string of the molecule is C=C(N=C(CC)C(C)Cc1ccccc1)C(C)=O.CC.CC. The van der Waals surface area contributed by atoms with Crippen LogP contribution in [0.4, 0.5) is 0 Å². The zero-order valence-corrected chi connectivity index (χ0v) is 15.4. The van der Waals surface area contributed by atoms with Crippen LogP contribution in [0.15, 0.2) is 47.6 Å². The lowest BCUT2D eigenvalue weighted by atomic mass is 9.95. The van der Waals surface area contributed by atoms with Crippen molar-refractivity contribution in [2.75, 3.05) is 0 Å². The van der Waals surface area contributed by atoms with Gasteiger partial charge in [-0.1, -0.05) is 78.5 Å². The summed E-state index contributed by atoms with van der Waals surface area (Å²) in [6.45, 7) is 17.4. The van der Waals surface area contributed by atoms with Crippen LogP contribution in [0.1, 0.15) is 60.5 Å². The number of carbonyl (C=O) groups excluding carboxylic acids is 1. The molecule has 0 aromatic heterocycles. The molecule has 22 heavy (non-hydrogen) atoms. The van der Waals surface area contributed by atoms with E-state index in [0.29, 0.717) is 11.6 Å². The summed E-state index contributed by atoms with van der Waals surface area (Å²) in [5.41, 5.74) is 2.69. The van der Waals surface area contributed by atoms with Gasteiger partial charge in [0.1, 0.15) is 0 Å². The zero-order valence-electron chi connectivity index (χ0n) is 15.4. The first-order valence-corrected chi connectivity index (χ1v) is 8.35. The maximum absolute atomic E-state index is 11.2. The number of benzene rings is 1. The lowest BCUT2D eigenvalue weighted by molar-refractivity contribution is -0.113. The molecule has 0 aliphatic rings. The molecule has 1 rings (SSSR count). The number of carbonyl (C=O) groups is 1. The fourth-order valence-corrected chi connectivity index (χ4v) is 1.88. The molecular weight excluding hydrogens is 270 g/mol. The topological polar surface area (TPSA) is 29.4 Å². The van der Waals surface area contributed by atoms with Gasteiger partial charge in [-0.25, -0.2) is 0 Å². The Morgan fingerprint density at radius 3 is 2.05 bits per heavy atom. The van der Waals surface area contributed by atoms with E-state index in [4.69, 9.17) is 0 Å². The first-order valence-electron chi connectivity index (χ1n) is 8.35. The van der Waals surface area contributed by atoms with Gasteiger partial charge < -0.3 is 0 Å². The van der Waals surface area contributed by atoms with Gasteiger partial charge in [0.25, 0.3) is 0 Å². The van der Waals surface area contributed by atoms with E-state index in [2.05, 4.69) is 37.6 Å². The van der Waals surface area contributed by atoms with Crippen molar-refractivity contribution in [2.45, 2.75) is 61.3 Å². The second-order valence-electron chi connectivity index (χ2n) is 4.55. The minimum Gasteiger partial charge on any atom is -0.293 e. The molecule has 1 aromatic rings. The highest BCUT2D eigenvalue weighted by Gasteiger charge is 2.11. The third-order valence-corrected chi connectivity index (χ3v) is 3.00. The minimum absolute atomic E-state index is 0.0622. The van der Waals surface area contributed by atoms with Crippen molar-refractivity contribution in [1.29, 1.82) is 0 Å². The van der Waals surface area contributed by atoms with Crippen molar-refractivity contribution in [3.05, 3.63) is 48.2 Å². The standard InChI is InChI=1S/C16H21NO.2C2H6/c1-5-16(17-13(3)14(4)18)12(2)11-15-9-7-6-8-10-15;2*1-2/h6-10,12H,3,5,11H2,1-2,4H3;2*1-2H3. The smallest absolute Gasteiger partial charge is 0.177 e. The van der Waals surface area contributed by atoms with E-state index >= 15 is 0 Å². The Balaban J connectivity index is 0. The van der Waals surface area contributed by atoms with Crippen LogP contribution in [0.25, 0.3) is 0 Å². The molecule has 1 aromatic carbocycles. The third kappa shape index (κ3) is 9.28. The highest BCUT2D eigenvalue weighted by atomic mass is 16.1. The van der Waals surface area contributed by atoms with E-state index < -0.39 is 0 Å². The molecule has 2 nitrogen and oxygen atoms in total. The summed E-state index contributed by atoms with van der Waals surface area (Å²) in [6, 6.07) is 10.3. The highest BCUT2D eigenvalue weighted by molar-refractivity contribution is 5.97. The Bertz CT molecular complexity index is 446. The van der Waals surface area contributed by atoms with Crippen molar-refractivity contribution in [3.63, 3.8) is 0 Å². The van der Waals surface area contributed by atoms with Gasteiger partial charge in [0, 0.05) is 12.6 Å². The monoisotopic (exact) mass is 303 g/mol. The normalized spacial score (nSPS) is 11.3. The third-order valence-electron chi connectivity index (χ3n) is 3.00. The molecule has 0 radical (unpaired) electrons. The molecule has 1 atom stereocenters. The van der Waals surface area contributed by atoms with E-state index in [1.807, 2.05) is 45.9 Å². The molecule has 1 unspecified atom stereocenters. The van der Waals surface area contributed by atoms with E-state index in [1.165, 1.54) is 12.5 Å². The summed E-state index contributed by atoms with van der Waals surface area (Å²) in [5.74, 6) is 0.265. The van der Waals surface area contributed by atoms with Crippen molar-refractivity contribution in [3.8, 4) is 0 Å². The Labute approximate surface area is 137 Å². The van der Waals surface area contributed by atoms with Crippen molar-refractivity contribution < 1.29 is 4.79 Å². The summed E-state index contributed by atoms with van der Waals surface area (Å²) in [6.07, 6.45) is 1.79. The van der Waals surface area contributed by atoms with Gasteiger partial charge in [-0.2, -0.15) is 0 Å². The second-order valence-corrected chi connectivity index (χ2v) is 4.55. The molecule has 124 valence electrons. The molecule has 0 saturated carbocycles.